The molecule has 0 aliphatic rings. The lowest BCUT2D eigenvalue weighted by Crippen LogP contribution is -1.99. The van der Waals surface area contributed by atoms with Crippen molar-refractivity contribution in [2.24, 2.45) is 0 Å². The van der Waals surface area contributed by atoms with Gasteiger partial charge in [-0.2, -0.15) is 0 Å². The highest BCUT2D eigenvalue weighted by molar-refractivity contribution is 7.78. The quantitative estimate of drug-likeness (QED) is 0.626. The van der Waals surface area contributed by atoms with Gasteiger partial charge in [0.25, 0.3) is 0 Å². The fraction of sp³-hybridized carbons (Fsp3) is 0.500. The molecule has 0 saturated heterocycles. The smallest absolute Gasteiger partial charge is 0.149 e. The standard InChI is InChI=1S/C9H9NO2S.C5H13NS/c1-11-6-3-7(12-2)9-8(4-6)13-5-10-9;1-2-3-4-5-6-7/h3-5H,1-2H3;6-7H,2-5H2,1H3. The Labute approximate surface area is 130 Å². The molecular formula is C14H22N2O2S2. The Balaban J connectivity index is 0.000000246. The Kier molecular flexibility index (Phi) is 8.41. The first kappa shape index (κ1) is 17.1. The molecule has 0 atom stereocenters. The van der Waals surface area contributed by atoms with E-state index in [0.29, 0.717) is 0 Å². The van der Waals surface area contributed by atoms with Crippen LogP contribution in [-0.2, 0) is 0 Å². The molecule has 0 radical (unpaired) electrons. The van der Waals surface area contributed by atoms with Gasteiger partial charge in [-0.3, -0.25) is 4.72 Å². The maximum Gasteiger partial charge on any atom is 0.149 e. The number of ether oxygens (including phenoxy) is 2. The number of fused-ring (bicyclic) bond motifs is 1. The largest absolute Gasteiger partial charge is 0.497 e. The Bertz CT molecular complexity index is 499. The summed E-state index contributed by atoms with van der Waals surface area (Å²) in [5.41, 5.74) is 2.69. The number of aromatic nitrogens is 1. The van der Waals surface area contributed by atoms with Gasteiger partial charge in [0.15, 0.2) is 0 Å². The predicted molar refractivity (Wildman–Crippen MR) is 89.2 cm³/mol. The molecule has 0 fully saturated rings. The van der Waals surface area contributed by atoms with Crippen LogP contribution in [0.4, 0.5) is 0 Å². The van der Waals surface area contributed by atoms with Crippen molar-refractivity contribution in [3.8, 4) is 11.5 Å². The monoisotopic (exact) mass is 314 g/mol. The van der Waals surface area contributed by atoms with Crippen LogP contribution in [0.25, 0.3) is 10.2 Å². The average Bonchev–Trinajstić information content (AvgIpc) is 2.95. The van der Waals surface area contributed by atoms with Crippen LogP contribution >= 0.6 is 24.2 Å². The van der Waals surface area contributed by atoms with Crippen LogP contribution in [-0.4, -0.2) is 25.7 Å². The summed E-state index contributed by atoms with van der Waals surface area (Å²) in [5.74, 6) is 1.56. The highest BCUT2D eigenvalue weighted by Crippen LogP contribution is 2.32. The molecular weight excluding hydrogens is 292 g/mol. The summed E-state index contributed by atoms with van der Waals surface area (Å²) >= 11 is 5.42. The fourth-order valence-corrected chi connectivity index (χ4v) is 2.52. The second-order valence-corrected chi connectivity index (χ2v) is 5.35. The van der Waals surface area contributed by atoms with Crippen molar-refractivity contribution < 1.29 is 9.47 Å². The second kappa shape index (κ2) is 9.85. The van der Waals surface area contributed by atoms with Gasteiger partial charge in [-0.25, -0.2) is 4.98 Å². The van der Waals surface area contributed by atoms with Crippen LogP contribution in [0.15, 0.2) is 17.6 Å². The van der Waals surface area contributed by atoms with Crippen molar-refractivity contribution in [3.05, 3.63) is 17.6 Å². The van der Waals surface area contributed by atoms with Crippen LogP contribution in [0.5, 0.6) is 11.5 Å². The minimum atomic E-state index is 0.760. The molecule has 2 rings (SSSR count). The number of thiazole rings is 1. The lowest BCUT2D eigenvalue weighted by atomic mass is 10.3. The Morgan fingerprint density at radius 1 is 1.25 bits per heavy atom. The highest BCUT2D eigenvalue weighted by Gasteiger charge is 2.06. The Morgan fingerprint density at radius 3 is 2.65 bits per heavy atom. The van der Waals surface area contributed by atoms with Gasteiger partial charge in [0.2, 0.25) is 0 Å². The molecule has 1 heterocycles. The van der Waals surface area contributed by atoms with Gasteiger partial charge < -0.3 is 9.47 Å². The number of unbranched alkanes of at least 4 members (excludes halogenated alkanes) is 2. The Morgan fingerprint density at radius 2 is 2.05 bits per heavy atom. The van der Waals surface area contributed by atoms with E-state index in [4.69, 9.17) is 9.47 Å². The number of nitrogens with zero attached hydrogens (tertiary/aromatic N) is 1. The van der Waals surface area contributed by atoms with Gasteiger partial charge in [0.05, 0.1) is 24.4 Å². The summed E-state index contributed by atoms with van der Waals surface area (Å²) in [6.45, 7) is 3.23. The molecule has 20 heavy (non-hydrogen) atoms. The van der Waals surface area contributed by atoms with Gasteiger partial charge in [0, 0.05) is 12.6 Å². The van der Waals surface area contributed by atoms with E-state index in [1.807, 2.05) is 12.1 Å². The van der Waals surface area contributed by atoms with Gasteiger partial charge in [-0.1, -0.05) is 32.6 Å². The molecule has 0 saturated carbocycles. The molecule has 0 bridgehead atoms. The lowest BCUT2D eigenvalue weighted by Gasteiger charge is -2.03. The zero-order valence-corrected chi connectivity index (χ0v) is 13.9. The minimum absolute atomic E-state index is 0.760. The number of nitrogens with one attached hydrogen (secondary N) is 1. The topological polar surface area (TPSA) is 43.4 Å². The van der Waals surface area contributed by atoms with E-state index < -0.39 is 0 Å². The van der Waals surface area contributed by atoms with Gasteiger partial charge in [-0.15, -0.1) is 11.3 Å². The summed E-state index contributed by atoms with van der Waals surface area (Å²) in [5, 5.41) is 0. The number of rotatable bonds is 6. The summed E-state index contributed by atoms with van der Waals surface area (Å²) < 4.78 is 14.2. The van der Waals surface area contributed by atoms with E-state index in [2.05, 4.69) is 29.4 Å². The zero-order chi connectivity index (χ0) is 14.8. The van der Waals surface area contributed by atoms with Crippen molar-refractivity contribution in [3.63, 3.8) is 0 Å². The SMILES string of the molecule is CCCCCNS.COc1cc(OC)c2ncsc2c1. The van der Waals surface area contributed by atoms with Crippen LogP contribution in [0, 0.1) is 0 Å². The van der Waals surface area contributed by atoms with Crippen molar-refractivity contribution in [1.29, 1.82) is 0 Å². The fourth-order valence-electron chi connectivity index (χ4n) is 1.64. The summed E-state index contributed by atoms with van der Waals surface area (Å²) in [6, 6.07) is 3.79. The molecule has 112 valence electrons. The molecule has 0 spiro atoms. The zero-order valence-electron chi connectivity index (χ0n) is 12.2. The molecule has 1 aromatic heterocycles. The van der Waals surface area contributed by atoms with Crippen LogP contribution < -0.4 is 14.2 Å². The number of thiol groups is 1. The number of hydrogen-bond donors (Lipinski definition) is 2. The maximum absolute atomic E-state index is 5.19. The first-order chi connectivity index (χ1) is 9.76. The minimum Gasteiger partial charge on any atom is -0.497 e. The predicted octanol–water partition coefficient (Wildman–Crippen LogP) is 3.92. The molecule has 0 aliphatic heterocycles. The van der Waals surface area contributed by atoms with Crippen LogP contribution in [0.2, 0.25) is 0 Å². The molecule has 0 unspecified atom stereocenters. The average molecular weight is 314 g/mol. The van der Waals surface area contributed by atoms with Gasteiger partial charge in [0.1, 0.15) is 17.0 Å². The maximum atomic E-state index is 5.19. The molecule has 1 N–H and O–H groups in total. The third-order valence-corrected chi connectivity index (χ3v) is 3.72. The van der Waals surface area contributed by atoms with Crippen molar-refractivity contribution >= 4 is 34.4 Å². The normalized spacial score (nSPS) is 10.0. The molecule has 0 aliphatic carbocycles. The third-order valence-electron chi connectivity index (χ3n) is 2.72. The van der Waals surface area contributed by atoms with Crippen molar-refractivity contribution in [2.75, 3.05) is 20.8 Å². The lowest BCUT2D eigenvalue weighted by molar-refractivity contribution is 0.397. The van der Waals surface area contributed by atoms with E-state index in [-0.39, 0.29) is 0 Å². The van der Waals surface area contributed by atoms with E-state index >= 15 is 0 Å². The molecule has 0 amide bonds. The molecule has 1 aromatic carbocycles. The van der Waals surface area contributed by atoms with E-state index in [1.54, 1.807) is 31.1 Å². The van der Waals surface area contributed by atoms with Crippen molar-refractivity contribution in [2.45, 2.75) is 26.2 Å². The first-order valence-corrected chi connectivity index (χ1v) is 7.91. The van der Waals surface area contributed by atoms with Gasteiger partial charge >= 0.3 is 0 Å². The summed E-state index contributed by atoms with van der Waals surface area (Å²) in [6.07, 6.45) is 3.85. The van der Waals surface area contributed by atoms with Crippen LogP contribution in [0.1, 0.15) is 26.2 Å². The van der Waals surface area contributed by atoms with Gasteiger partial charge in [-0.05, 0) is 12.5 Å². The highest BCUT2D eigenvalue weighted by atomic mass is 32.1. The first-order valence-electron chi connectivity index (χ1n) is 6.59. The van der Waals surface area contributed by atoms with E-state index in [9.17, 15) is 0 Å². The van der Waals surface area contributed by atoms with E-state index in [0.717, 1.165) is 28.3 Å². The molecule has 6 heteroatoms. The second-order valence-electron chi connectivity index (χ2n) is 4.14. The number of benzene rings is 1. The van der Waals surface area contributed by atoms with Crippen LogP contribution in [0.3, 0.4) is 0 Å². The molecule has 4 nitrogen and oxygen atoms in total. The van der Waals surface area contributed by atoms with Crippen molar-refractivity contribution in [1.82, 2.24) is 9.71 Å². The summed E-state index contributed by atoms with van der Waals surface area (Å²) in [4.78, 5) is 4.20. The van der Waals surface area contributed by atoms with E-state index in [1.165, 1.54) is 19.3 Å². The Hall–Kier alpha value is -0.980. The molecule has 2 aromatic rings. The summed E-state index contributed by atoms with van der Waals surface area (Å²) in [7, 11) is 3.27. The number of methoxy groups -OCH3 is 2. The number of hydrogen-bond acceptors (Lipinski definition) is 6. The third kappa shape index (κ3) is 5.19.